The van der Waals surface area contributed by atoms with Gasteiger partial charge in [0.2, 0.25) is 0 Å². The molecule has 1 heteroatoms. The van der Waals surface area contributed by atoms with Gasteiger partial charge in [-0.1, -0.05) is 52.8 Å². The van der Waals surface area contributed by atoms with Crippen LogP contribution in [-0.4, -0.2) is 5.94 Å². The third-order valence-corrected chi connectivity index (χ3v) is 4.72. The van der Waals surface area contributed by atoms with E-state index in [1.807, 2.05) is 12.9 Å². The second kappa shape index (κ2) is 4.65. The normalized spacial score (nSPS) is 21.1. The molecule has 1 aliphatic rings. The molecule has 2 rings (SSSR count). The van der Waals surface area contributed by atoms with Gasteiger partial charge in [0.05, 0.1) is 0 Å². The van der Waals surface area contributed by atoms with E-state index in [1.54, 1.807) is 6.08 Å². The summed E-state index contributed by atoms with van der Waals surface area (Å²) in [6.45, 7) is 11.4. The minimum Gasteiger partial charge on any atom is -0.234 e. The van der Waals surface area contributed by atoms with Crippen LogP contribution in [0.1, 0.15) is 70.1 Å². The first-order chi connectivity index (χ1) is 8.78. The first-order valence-electron chi connectivity index (χ1n) is 7.14. The predicted octanol–water partition coefficient (Wildman–Crippen LogP) is 4.53. The molecule has 102 valence electrons. The Bertz CT molecular complexity index is 531. The van der Waals surface area contributed by atoms with E-state index in [4.69, 9.17) is 0 Å². The Labute approximate surface area is 116 Å². The van der Waals surface area contributed by atoms with Crippen molar-refractivity contribution in [3.63, 3.8) is 0 Å². The van der Waals surface area contributed by atoms with E-state index in [-0.39, 0.29) is 16.7 Å². The van der Waals surface area contributed by atoms with Gasteiger partial charge in [-0.2, -0.15) is 0 Å². The third-order valence-electron chi connectivity index (χ3n) is 4.72. The lowest BCUT2D eigenvalue weighted by Crippen LogP contribution is -2.33. The molecule has 0 spiro atoms. The van der Waals surface area contributed by atoms with Crippen molar-refractivity contribution in [1.29, 1.82) is 0 Å². The maximum atomic E-state index is 10.5. The lowest BCUT2D eigenvalue weighted by Gasteiger charge is -2.42. The Hall–Kier alpha value is -1.33. The Morgan fingerprint density at radius 3 is 2.26 bits per heavy atom. The second-order valence-corrected chi connectivity index (χ2v) is 7.15. The number of allylic oxidation sites excluding steroid dienone is 1. The molecular weight excluding hydrogens is 232 g/mol. The van der Waals surface area contributed by atoms with E-state index in [2.05, 4.69) is 45.9 Å². The zero-order valence-corrected chi connectivity index (χ0v) is 12.7. The van der Waals surface area contributed by atoms with Crippen LogP contribution < -0.4 is 0 Å². The van der Waals surface area contributed by atoms with Gasteiger partial charge in [-0.3, -0.25) is 0 Å². The third kappa shape index (κ3) is 2.53. The number of hydrogen-bond acceptors (Lipinski definition) is 1. The lowest BCUT2D eigenvalue weighted by atomic mass is 9.63. The summed E-state index contributed by atoms with van der Waals surface area (Å²) in [4.78, 5) is 10.5. The number of carbonyl (C=O) groups excluding carboxylic acids is 1. The van der Waals surface area contributed by atoms with Crippen molar-refractivity contribution in [3.05, 3.63) is 41.0 Å². The minimum atomic E-state index is 0.142. The Morgan fingerprint density at radius 1 is 1.11 bits per heavy atom. The van der Waals surface area contributed by atoms with Gasteiger partial charge in [-0.05, 0) is 40.4 Å². The van der Waals surface area contributed by atoms with Gasteiger partial charge in [0, 0.05) is 12.0 Å². The van der Waals surface area contributed by atoms with Crippen LogP contribution in [0.4, 0.5) is 0 Å². The molecule has 1 aliphatic carbocycles. The highest BCUT2D eigenvalue weighted by Crippen LogP contribution is 2.46. The van der Waals surface area contributed by atoms with Crippen LogP contribution in [0.5, 0.6) is 0 Å². The highest BCUT2D eigenvalue weighted by atomic mass is 16.1. The molecule has 0 saturated heterocycles. The molecule has 1 aromatic rings. The van der Waals surface area contributed by atoms with E-state index in [0.717, 1.165) is 0 Å². The summed E-state index contributed by atoms with van der Waals surface area (Å²) in [5, 5.41) is 0. The fraction of sp³-hybridized carbons (Fsp3) is 0.556. The highest BCUT2D eigenvalue weighted by Gasteiger charge is 2.36. The molecule has 0 radical (unpaired) electrons. The van der Waals surface area contributed by atoms with Crippen LogP contribution >= 0.6 is 0 Å². The van der Waals surface area contributed by atoms with Crippen LogP contribution in [0.2, 0.25) is 0 Å². The summed E-state index contributed by atoms with van der Waals surface area (Å²) in [5.41, 5.74) is 4.62. The summed E-state index contributed by atoms with van der Waals surface area (Å²) in [5.74, 6) is 2.05. The van der Waals surface area contributed by atoms with Crippen molar-refractivity contribution in [2.75, 3.05) is 0 Å². The van der Waals surface area contributed by atoms with Crippen molar-refractivity contribution in [1.82, 2.24) is 0 Å². The van der Waals surface area contributed by atoms with Gasteiger partial charge in [0.1, 0.15) is 5.94 Å². The van der Waals surface area contributed by atoms with E-state index in [1.165, 1.54) is 29.5 Å². The molecule has 1 unspecified atom stereocenters. The molecule has 1 aromatic carbocycles. The minimum absolute atomic E-state index is 0.142. The Balaban J connectivity index is 2.56. The zero-order chi connectivity index (χ0) is 14.3. The molecular formula is C18H24O. The fourth-order valence-corrected chi connectivity index (χ4v) is 3.09. The van der Waals surface area contributed by atoms with E-state index >= 15 is 0 Å². The van der Waals surface area contributed by atoms with Crippen molar-refractivity contribution >= 4 is 5.94 Å². The van der Waals surface area contributed by atoms with Crippen LogP contribution in [0, 0.1) is 0 Å². The Kier molecular flexibility index (Phi) is 3.45. The summed E-state index contributed by atoms with van der Waals surface area (Å²) < 4.78 is 0. The number of fused-ring (bicyclic) bond motifs is 1. The first kappa shape index (κ1) is 14.1. The van der Waals surface area contributed by atoms with Gasteiger partial charge >= 0.3 is 0 Å². The molecule has 1 atom stereocenters. The van der Waals surface area contributed by atoms with Gasteiger partial charge in [0.15, 0.2) is 0 Å². The largest absolute Gasteiger partial charge is 0.234 e. The molecule has 1 nitrogen and oxygen atoms in total. The molecule has 0 fully saturated rings. The molecule has 0 amide bonds. The molecule has 0 heterocycles. The average molecular weight is 256 g/mol. The summed E-state index contributed by atoms with van der Waals surface area (Å²) in [7, 11) is 0. The van der Waals surface area contributed by atoms with E-state index < -0.39 is 0 Å². The maximum absolute atomic E-state index is 10.5. The van der Waals surface area contributed by atoms with Gasteiger partial charge in [0.25, 0.3) is 0 Å². The van der Waals surface area contributed by atoms with Gasteiger partial charge in [-0.15, -0.1) is 0 Å². The average Bonchev–Trinajstić information content (AvgIpc) is 2.35. The second-order valence-electron chi connectivity index (χ2n) is 7.15. The lowest BCUT2D eigenvalue weighted by molar-refractivity contribution is 0.331. The molecule has 0 saturated carbocycles. The van der Waals surface area contributed by atoms with Crippen LogP contribution in [-0.2, 0) is 15.6 Å². The zero-order valence-electron chi connectivity index (χ0n) is 12.7. The van der Waals surface area contributed by atoms with Gasteiger partial charge < -0.3 is 0 Å². The van der Waals surface area contributed by atoms with Crippen molar-refractivity contribution < 1.29 is 4.79 Å². The van der Waals surface area contributed by atoms with E-state index in [0.29, 0.717) is 0 Å². The number of rotatable bonds is 2. The Morgan fingerprint density at radius 2 is 1.68 bits per heavy atom. The van der Waals surface area contributed by atoms with Crippen LogP contribution in [0.25, 0.3) is 0 Å². The fourth-order valence-electron chi connectivity index (χ4n) is 3.09. The van der Waals surface area contributed by atoms with Crippen LogP contribution in [0.3, 0.4) is 0 Å². The maximum Gasteiger partial charge on any atom is 0.120 e. The monoisotopic (exact) mass is 256 g/mol. The SMILES string of the molecule is CC(C=C=O)c1ccc2c(c1)C(C)(C)CCC2(C)C. The quantitative estimate of drug-likeness (QED) is 0.711. The molecule has 19 heavy (non-hydrogen) atoms. The smallest absolute Gasteiger partial charge is 0.120 e. The molecule has 0 aromatic heterocycles. The van der Waals surface area contributed by atoms with Crippen LogP contribution in [0.15, 0.2) is 24.3 Å². The summed E-state index contributed by atoms with van der Waals surface area (Å²) >= 11 is 0. The predicted molar refractivity (Wildman–Crippen MR) is 80.4 cm³/mol. The molecule has 0 aliphatic heterocycles. The highest BCUT2D eigenvalue weighted by molar-refractivity contribution is 5.50. The number of hydrogen-bond donors (Lipinski definition) is 0. The summed E-state index contributed by atoms with van der Waals surface area (Å²) in [6.07, 6.45) is 4.05. The molecule has 0 bridgehead atoms. The summed E-state index contributed by atoms with van der Waals surface area (Å²) in [6, 6.07) is 6.73. The van der Waals surface area contributed by atoms with Gasteiger partial charge in [-0.25, -0.2) is 4.79 Å². The topological polar surface area (TPSA) is 17.1 Å². The van der Waals surface area contributed by atoms with Crippen molar-refractivity contribution in [3.8, 4) is 0 Å². The first-order valence-corrected chi connectivity index (χ1v) is 7.14. The number of benzene rings is 1. The molecule has 0 N–H and O–H groups in total. The van der Waals surface area contributed by atoms with Crippen molar-refractivity contribution in [2.45, 2.75) is 64.2 Å². The standard InChI is InChI=1S/C18H24O/c1-13(8-11-19)14-6-7-15-16(12-14)18(4,5)10-9-17(15,2)3/h6-8,12-13H,9-10H2,1-5H3. The van der Waals surface area contributed by atoms with E-state index in [9.17, 15) is 4.79 Å². The van der Waals surface area contributed by atoms with Crippen molar-refractivity contribution in [2.24, 2.45) is 0 Å².